The van der Waals surface area contributed by atoms with Crippen molar-refractivity contribution in [2.24, 2.45) is 0 Å². The molecule has 0 amide bonds. The van der Waals surface area contributed by atoms with Crippen LogP contribution in [0.1, 0.15) is 19.3 Å². The van der Waals surface area contributed by atoms with Gasteiger partial charge in [-0.05, 0) is 38.0 Å². The Bertz CT molecular complexity index is 480. The highest BCUT2D eigenvalue weighted by molar-refractivity contribution is 5.85. The number of hydrogen-bond acceptors (Lipinski definition) is 3. The first-order valence-corrected chi connectivity index (χ1v) is 4.30. The first-order chi connectivity index (χ1) is 8.69. The number of fused-ring (bicyclic) bond motifs is 1. The molecular formula is C11H16ClNO2. The Morgan fingerprint density at radius 1 is 1.60 bits per heavy atom. The number of ether oxygens (including phenoxy) is 2. The molecule has 1 aliphatic rings. The topological polar surface area (TPSA) is 30.5 Å². The van der Waals surface area contributed by atoms with Crippen molar-refractivity contribution in [3.05, 3.63) is 23.8 Å². The molecule has 1 aromatic rings. The second kappa shape index (κ2) is 5.24. The van der Waals surface area contributed by atoms with E-state index in [0.717, 1.165) is 0 Å². The molecule has 1 aliphatic heterocycles. The number of rotatable bonds is 3. The molecule has 1 N–H and O–H groups in total. The Labute approximate surface area is 103 Å². The molecule has 0 fully saturated rings. The lowest BCUT2D eigenvalue weighted by Gasteiger charge is -2.09. The molecule has 4 heteroatoms. The molecule has 2 rings (SSSR count). The quantitative estimate of drug-likeness (QED) is 0.868. The van der Waals surface area contributed by atoms with E-state index >= 15 is 0 Å². The second-order valence-corrected chi connectivity index (χ2v) is 3.07. The van der Waals surface area contributed by atoms with Gasteiger partial charge in [-0.2, -0.15) is 0 Å². The van der Waals surface area contributed by atoms with Gasteiger partial charge in [0, 0.05) is 12.9 Å². The van der Waals surface area contributed by atoms with Gasteiger partial charge in [0.2, 0.25) is 6.79 Å². The molecule has 84 valence electrons. The maximum Gasteiger partial charge on any atom is 0.231 e. The molecule has 2 unspecified atom stereocenters. The summed E-state index contributed by atoms with van der Waals surface area (Å²) in [7, 11) is 0. The van der Waals surface area contributed by atoms with E-state index in [2.05, 4.69) is 5.32 Å². The fourth-order valence-corrected chi connectivity index (χ4v) is 1.29. The normalized spacial score (nSPS) is 24.5. The Balaban J connectivity index is 0.00000200. The average molecular weight is 235 g/mol. The van der Waals surface area contributed by atoms with Gasteiger partial charge >= 0.3 is 0 Å². The monoisotopic (exact) mass is 234 g/mol. The summed E-state index contributed by atoms with van der Waals surface area (Å²) in [6.45, 7) is -0.971. The van der Waals surface area contributed by atoms with Crippen LogP contribution in [0, 0.1) is 0 Å². The van der Waals surface area contributed by atoms with Gasteiger partial charge in [-0.15, -0.1) is 12.4 Å². The van der Waals surface area contributed by atoms with Gasteiger partial charge in [0.25, 0.3) is 0 Å². The minimum absolute atomic E-state index is 0. The summed E-state index contributed by atoms with van der Waals surface area (Å²) in [4.78, 5) is 0. The van der Waals surface area contributed by atoms with Crippen molar-refractivity contribution in [2.75, 3.05) is 13.8 Å². The maximum atomic E-state index is 8.06. The second-order valence-electron chi connectivity index (χ2n) is 3.07. The van der Waals surface area contributed by atoms with Crippen LogP contribution in [0.4, 0.5) is 0 Å². The standard InChI is InChI=1S/C11H15NO2.ClH/c1-8(12-2)5-9-3-4-10-11(6-9)14-7-13-10;/h3-4,6,8,12H,5,7H2,1-2H3;1H/i2D3,5D,8D;. The fraction of sp³-hybridized carbons (Fsp3) is 0.455. The lowest BCUT2D eigenvalue weighted by Crippen LogP contribution is -2.23. The van der Waals surface area contributed by atoms with Crippen LogP contribution in [0.5, 0.6) is 11.5 Å². The van der Waals surface area contributed by atoms with E-state index in [9.17, 15) is 0 Å². The molecule has 15 heavy (non-hydrogen) atoms. The zero-order valence-corrected chi connectivity index (χ0v) is 9.06. The van der Waals surface area contributed by atoms with Crippen molar-refractivity contribution in [3.8, 4) is 11.5 Å². The van der Waals surface area contributed by atoms with E-state index in [1.54, 1.807) is 18.2 Å². The molecule has 0 radical (unpaired) electrons. The largest absolute Gasteiger partial charge is 0.454 e. The lowest BCUT2D eigenvalue weighted by atomic mass is 10.1. The van der Waals surface area contributed by atoms with Crippen LogP contribution >= 0.6 is 12.4 Å². The summed E-state index contributed by atoms with van der Waals surface area (Å²) in [6, 6.07) is 3.26. The van der Waals surface area contributed by atoms with E-state index < -0.39 is 19.4 Å². The Hall–Kier alpha value is -0.930. The van der Waals surface area contributed by atoms with Crippen molar-refractivity contribution in [2.45, 2.75) is 19.3 Å². The fourth-order valence-electron chi connectivity index (χ4n) is 1.29. The first kappa shape index (κ1) is 6.61. The molecule has 1 heterocycles. The summed E-state index contributed by atoms with van der Waals surface area (Å²) in [5, 5.41) is 2.17. The third kappa shape index (κ3) is 2.76. The highest BCUT2D eigenvalue weighted by Gasteiger charge is 2.13. The minimum atomic E-state index is -2.47. The number of halogens is 1. The van der Waals surface area contributed by atoms with Crippen LogP contribution < -0.4 is 14.8 Å². The maximum absolute atomic E-state index is 8.06. The third-order valence-electron chi connectivity index (χ3n) is 1.98. The molecule has 0 spiro atoms. The third-order valence-corrected chi connectivity index (χ3v) is 1.98. The number of nitrogens with one attached hydrogen (secondary N) is 1. The van der Waals surface area contributed by atoms with Crippen molar-refractivity contribution < 1.29 is 16.3 Å². The predicted octanol–water partition coefficient (Wildman–Crippen LogP) is 1.99. The molecule has 0 aliphatic carbocycles. The molecule has 2 atom stereocenters. The Morgan fingerprint density at radius 3 is 3.20 bits per heavy atom. The van der Waals surface area contributed by atoms with Crippen LogP contribution in [0.3, 0.4) is 0 Å². The van der Waals surface area contributed by atoms with E-state index in [1.165, 1.54) is 6.92 Å². The van der Waals surface area contributed by atoms with Crippen LogP contribution in [0.15, 0.2) is 18.2 Å². The van der Waals surface area contributed by atoms with Gasteiger partial charge in [0.15, 0.2) is 11.5 Å². The molecular weight excluding hydrogens is 214 g/mol. The van der Waals surface area contributed by atoms with Gasteiger partial charge in [0.1, 0.15) is 0 Å². The summed E-state index contributed by atoms with van der Waals surface area (Å²) in [5.74, 6) is 1.10. The first-order valence-electron chi connectivity index (χ1n) is 6.88. The van der Waals surface area contributed by atoms with E-state index in [1.807, 2.05) is 0 Å². The predicted molar refractivity (Wildman–Crippen MR) is 62.0 cm³/mol. The number of likely N-dealkylation sites (N-methyl/N-ethyl adjacent to an activating group) is 1. The Kier molecular flexibility index (Phi) is 2.31. The average Bonchev–Trinajstić information content (AvgIpc) is 2.71. The van der Waals surface area contributed by atoms with Gasteiger partial charge in [0.05, 0.1) is 0 Å². The van der Waals surface area contributed by atoms with Crippen molar-refractivity contribution >= 4 is 12.4 Å². The summed E-state index contributed by atoms with van der Waals surface area (Å²) in [5.41, 5.74) is 0.499. The smallest absolute Gasteiger partial charge is 0.231 e. The molecule has 0 aromatic heterocycles. The lowest BCUT2D eigenvalue weighted by molar-refractivity contribution is 0.174. The van der Waals surface area contributed by atoms with Gasteiger partial charge in [-0.3, -0.25) is 0 Å². The molecule has 1 aromatic carbocycles. The van der Waals surface area contributed by atoms with Crippen LogP contribution in [-0.4, -0.2) is 19.8 Å². The molecule has 0 saturated heterocycles. The summed E-state index contributed by atoms with van der Waals surface area (Å²) >= 11 is 0. The summed E-state index contributed by atoms with van der Waals surface area (Å²) < 4.78 is 47.8. The van der Waals surface area contributed by atoms with Crippen molar-refractivity contribution in [1.29, 1.82) is 0 Å². The van der Waals surface area contributed by atoms with Crippen molar-refractivity contribution in [3.63, 3.8) is 0 Å². The zero-order chi connectivity index (χ0) is 14.3. The molecule has 0 bridgehead atoms. The van der Waals surface area contributed by atoms with E-state index in [0.29, 0.717) is 17.1 Å². The Morgan fingerprint density at radius 2 is 2.40 bits per heavy atom. The number of benzene rings is 1. The van der Waals surface area contributed by atoms with Crippen LogP contribution in [0.25, 0.3) is 0 Å². The van der Waals surface area contributed by atoms with Gasteiger partial charge in [-0.1, -0.05) is 6.07 Å². The van der Waals surface area contributed by atoms with Crippen molar-refractivity contribution in [1.82, 2.24) is 5.32 Å². The molecule has 0 saturated carbocycles. The number of hydrogen-bond donors (Lipinski definition) is 1. The molecule has 3 nitrogen and oxygen atoms in total. The van der Waals surface area contributed by atoms with Gasteiger partial charge in [-0.25, -0.2) is 0 Å². The SMILES string of the molecule is Cl.[2H]C(c1ccc2c(c1)OCO2)C([2H])(C)NC([2H])([2H])[2H]. The van der Waals surface area contributed by atoms with Crippen LogP contribution in [0.2, 0.25) is 0 Å². The summed E-state index contributed by atoms with van der Waals surface area (Å²) in [6.07, 6.45) is -1.07. The van der Waals surface area contributed by atoms with E-state index in [4.69, 9.17) is 16.3 Å². The zero-order valence-electron chi connectivity index (χ0n) is 13.2. The van der Waals surface area contributed by atoms with Gasteiger partial charge < -0.3 is 14.8 Å². The van der Waals surface area contributed by atoms with E-state index in [-0.39, 0.29) is 19.2 Å². The highest BCUT2D eigenvalue weighted by Crippen LogP contribution is 2.32. The highest BCUT2D eigenvalue weighted by atomic mass is 35.5. The minimum Gasteiger partial charge on any atom is -0.454 e. The van der Waals surface area contributed by atoms with Crippen LogP contribution in [-0.2, 0) is 6.40 Å².